The van der Waals surface area contributed by atoms with Gasteiger partial charge in [-0.05, 0) is 13.8 Å². The molecular formula is C10H18BF4N3O. The first-order chi connectivity index (χ1) is 8.67. The summed E-state index contributed by atoms with van der Waals surface area (Å²) in [4.78, 5) is 13.5. The van der Waals surface area contributed by atoms with Crippen LogP contribution in [0, 0.1) is 0 Å². The molecule has 0 saturated carbocycles. The molecule has 4 nitrogen and oxygen atoms in total. The van der Waals surface area contributed by atoms with Crippen molar-refractivity contribution in [3.63, 3.8) is 0 Å². The molecule has 1 heterocycles. The van der Waals surface area contributed by atoms with Crippen molar-refractivity contribution in [1.82, 2.24) is 9.47 Å². The molecule has 9 heteroatoms. The van der Waals surface area contributed by atoms with Crippen molar-refractivity contribution in [3.05, 3.63) is 18.7 Å². The highest BCUT2D eigenvalue weighted by atomic mass is 19.5. The number of carbonyl (C=O) groups is 1. The molecule has 1 aromatic heterocycles. The monoisotopic (exact) mass is 283 g/mol. The van der Waals surface area contributed by atoms with Gasteiger partial charge in [0, 0.05) is 13.1 Å². The number of rotatable bonds is 4. The van der Waals surface area contributed by atoms with Crippen LogP contribution in [0.4, 0.5) is 17.3 Å². The minimum Gasteiger partial charge on any atom is -0.418 e. The second-order valence-corrected chi connectivity index (χ2v) is 3.81. The molecule has 1 amide bonds. The van der Waals surface area contributed by atoms with E-state index >= 15 is 0 Å². The lowest BCUT2D eigenvalue weighted by Gasteiger charge is -2.16. The first kappa shape index (κ1) is 17.5. The molecule has 0 radical (unpaired) electrons. The van der Waals surface area contributed by atoms with Crippen LogP contribution in [0.5, 0.6) is 0 Å². The molecule has 1 rings (SSSR count). The summed E-state index contributed by atoms with van der Waals surface area (Å²) < 4.78 is 42.8. The number of nitrogens with zero attached hydrogens (tertiary/aromatic N) is 3. The van der Waals surface area contributed by atoms with E-state index in [1.807, 2.05) is 53.7 Å². The summed E-state index contributed by atoms with van der Waals surface area (Å²) >= 11 is 0. The second kappa shape index (κ2) is 7.80. The van der Waals surface area contributed by atoms with E-state index in [0.717, 1.165) is 13.1 Å². The number of aryl methyl sites for hydroxylation is 1. The fraction of sp³-hybridized carbons (Fsp3) is 0.600. The van der Waals surface area contributed by atoms with Crippen LogP contribution in [0.25, 0.3) is 0 Å². The van der Waals surface area contributed by atoms with Gasteiger partial charge >= 0.3 is 7.25 Å². The zero-order chi connectivity index (χ0) is 15.1. The van der Waals surface area contributed by atoms with Crippen molar-refractivity contribution >= 4 is 13.2 Å². The highest BCUT2D eigenvalue weighted by Crippen LogP contribution is 2.06. The van der Waals surface area contributed by atoms with E-state index in [1.165, 1.54) is 0 Å². The molecule has 0 unspecified atom stereocenters. The van der Waals surface area contributed by atoms with Crippen molar-refractivity contribution in [1.29, 1.82) is 0 Å². The third-order valence-corrected chi connectivity index (χ3v) is 2.26. The van der Waals surface area contributed by atoms with Crippen LogP contribution in [0.3, 0.4) is 0 Å². The summed E-state index contributed by atoms with van der Waals surface area (Å²) in [7, 11) is -4.06. The Morgan fingerprint density at radius 2 is 1.74 bits per heavy atom. The molecule has 19 heavy (non-hydrogen) atoms. The topological polar surface area (TPSA) is 29.1 Å². The molecule has 0 aromatic carbocycles. The van der Waals surface area contributed by atoms with E-state index < -0.39 is 7.25 Å². The Hall–Kier alpha value is -1.54. The van der Waals surface area contributed by atoms with Crippen LogP contribution in [-0.2, 0) is 18.4 Å². The van der Waals surface area contributed by atoms with Crippen LogP contribution < -0.4 is 4.57 Å². The smallest absolute Gasteiger partial charge is 0.418 e. The maximum atomic E-state index is 11.7. The Balaban J connectivity index is 0.000000555. The van der Waals surface area contributed by atoms with Crippen molar-refractivity contribution in [2.75, 3.05) is 13.1 Å². The van der Waals surface area contributed by atoms with Crippen LogP contribution in [-0.4, -0.2) is 35.7 Å². The van der Waals surface area contributed by atoms with E-state index in [0.29, 0.717) is 6.54 Å². The molecule has 0 fully saturated rings. The Morgan fingerprint density at radius 3 is 2.05 bits per heavy atom. The summed E-state index contributed by atoms with van der Waals surface area (Å²) in [6, 6.07) is 0. The van der Waals surface area contributed by atoms with E-state index in [2.05, 4.69) is 0 Å². The largest absolute Gasteiger partial charge is 0.673 e. The number of imidazole rings is 1. The summed E-state index contributed by atoms with van der Waals surface area (Å²) in [6.07, 6.45) is 5.73. The third kappa shape index (κ3) is 9.09. The lowest BCUT2D eigenvalue weighted by Crippen LogP contribution is -2.33. The number of aromatic nitrogens is 2. The number of halogens is 4. The summed E-state index contributed by atoms with van der Waals surface area (Å²) in [5, 5.41) is 0. The van der Waals surface area contributed by atoms with E-state index in [1.54, 1.807) is 0 Å². The van der Waals surface area contributed by atoms with Crippen LogP contribution in [0.15, 0.2) is 18.7 Å². The molecular weight excluding hydrogens is 265 g/mol. The maximum Gasteiger partial charge on any atom is 0.673 e. The molecule has 0 aliphatic rings. The van der Waals surface area contributed by atoms with Crippen LogP contribution >= 0.6 is 0 Å². The SMILES string of the molecule is CCN(CC)C(=O)Cn1cc[n+](C)c1.F[B-](F)(F)F. The highest BCUT2D eigenvalue weighted by molar-refractivity contribution is 6.50. The summed E-state index contributed by atoms with van der Waals surface area (Å²) in [5.74, 6) is 0.172. The lowest BCUT2D eigenvalue weighted by molar-refractivity contribution is -0.671. The van der Waals surface area contributed by atoms with Gasteiger partial charge in [0.1, 0.15) is 12.4 Å². The number of carbonyl (C=O) groups excluding carboxylic acids is 1. The zero-order valence-electron chi connectivity index (χ0n) is 11.2. The van der Waals surface area contributed by atoms with E-state index in [-0.39, 0.29) is 5.91 Å². The van der Waals surface area contributed by atoms with Gasteiger partial charge in [0.2, 0.25) is 6.33 Å². The van der Waals surface area contributed by atoms with Gasteiger partial charge in [0.05, 0.1) is 7.05 Å². The molecule has 0 spiro atoms. The van der Waals surface area contributed by atoms with Gasteiger partial charge in [-0.15, -0.1) is 0 Å². The Morgan fingerprint density at radius 1 is 1.26 bits per heavy atom. The number of hydrogen-bond acceptors (Lipinski definition) is 1. The second-order valence-electron chi connectivity index (χ2n) is 3.81. The predicted molar refractivity (Wildman–Crippen MR) is 63.7 cm³/mol. The Labute approximate surface area is 109 Å². The zero-order valence-corrected chi connectivity index (χ0v) is 11.2. The Bertz CT molecular complexity index is 384. The van der Waals surface area contributed by atoms with Gasteiger partial charge in [-0.25, -0.2) is 9.13 Å². The lowest BCUT2D eigenvalue weighted by atomic mass is 10.3. The molecule has 0 saturated heterocycles. The van der Waals surface area contributed by atoms with Crippen molar-refractivity contribution in [2.45, 2.75) is 20.4 Å². The highest BCUT2D eigenvalue weighted by Gasteiger charge is 2.20. The van der Waals surface area contributed by atoms with Crippen molar-refractivity contribution in [3.8, 4) is 0 Å². The minimum atomic E-state index is -6.00. The van der Waals surface area contributed by atoms with Gasteiger partial charge in [0.25, 0.3) is 5.91 Å². The average molecular weight is 283 g/mol. The van der Waals surface area contributed by atoms with Gasteiger partial charge < -0.3 is 22.2 Å². The predicted octanol–water partition coefficient (Wildman–Crippen LogP) is 1.48. The van der Waals surface area contributed by atoms with Gasteiger partial charge in [-0.1, -0.05) is 0 Å². The van der Waals surface area contributed by atoms with Crippen LogP contribution in [0.2, 0.25) is 0 Å². The molecule has 0 aliphatic carbocycles. The number of hydrogen-bond donors (Lipinski definition) is 0. The first-order valence-electron chi connectivity index (χ1n) is 5.83. The molecule has 0 atom stereocenters. The number of amides is 1. The maximum absolute atomic E-state index is 11.7. The van der Waals surface area contributed by atoms with Crippen molar-refractivity contribution in [2.24, 2.45) is 7.05 Å². The molecule has 1 aromatic rings. The average Bonchev–Trinajstić information content (AvgIpc) is 2.63. The molecule has 0 aliphatic heterocycles. The fourth-order valence-electron chi connectivity index (χ4n) is 1.43. The van der Waals surface area contributed by atoms with E-state index in [9.17, 15) is 22.1 Å². The first-order valence-corrected chi connectivity index (χ1v) is 5.83. The van der Waals surface area contributed by atoms with Gasteiger partial charge in [0.15, 0.2) is 6.54 Å². The minimum absolute atomic E-state index is 0.172. The molecule has 0 bridgehead atoms. The van der Waals surface area contributed by atoms with Crippen molar-refractivity contribution < 1.29 is 26.6 Å². The third-order valence-electron chi connectivity index (χ3n) is 2.26. The quantitative estimate of drug-likeness (QED) is 0.467. The summed E-state index contributed by atoms with van der Waals surface area (Å²) in [5.41, 5.74) is 0. The molecule has 0 N–H and O–H groups in total. The van der Waals surface area contributed by atoms with E-state index in [4.69, 9.17) is 0 Å². The van der Waals surface area contributed by atoms with Gasteiger partial charge in [-0.2, -0.15) is 0 Å². The van der Waals surface area contributed by atoms with Crippen LogP contribution in [0.1, 0.15) is 13.8 Å². The standard InChI is InChI=1S/C10H18N3O.BF4/c1-4-13(5-2)10(14)8-12-7-6-11(3)9-12;2-1(3,4)5/h6-7,9H,4-5,8H2,1-3H3;/q+1;-1. The molecule has 110 valence electrons. The Kier molecular flexibility index (Phi) is 7.17. The fourth-order valence-corrected chi connectivity index (χ4v) is 1.43. The normalized spacial score (nSPS) is 10.7. The number of likely N-dealkylation sites (N-methyl/N-ethyl adjacent to an activating group) is 1. The van der Waals surface area contributed by atoms with Gasteiger partial charge in [-0.3, -0.25) is 4.79 Å². The summed E-state index contributed by atoms with van der Waals surface area (Å²) in [6.45, 7) is 5.99.